The van der Waals surface area contributed by atoms with Crippen LogP contribution < -0.4 is 5.73 Å². The minimum atomic E-state index is -0.578. The van der Waals surface area contributed by atoms with Gasteiger partial charge in [-0.15, -0.1) is 12.4 Å². The highest BCUT2D eigenvalue weighted by Crippen LogP contribution is 2.15. The summed E-state index contributed by atoms with van der Waals surface area (Å²) in [6.07, 6.45) is 0.0961. The van der Waals surface area contributed by atoms with E-state index >= 15 is 0 Å². The summed E-state index contributed by atoms with van der Waals surface area (Å²) in [5.74, 6) is -0.725. The molecule has 2 atom stereocenters. The van der Waals surface area contributed by atoms with Gasteiger partial charge in [-0.3, -0.25) is 4.79 Å². The lowest BCUT2D eigenvalue weighted by Crippen LogP contribution is -2.46. The van der Waals surface area contributed by atoms with Crippen molar-refractivity contribution in [2.45, 2.75) is 12.5 Å². The van der Waals surface area contributed by atoms with Gasteiger partial charge in [-0.1, -0.05) is 0 Å². The lowest BCUT2D eigenvalue weighted by Gasteiger charge is -2.31. The van der Waals surface area contributed by atoms with Crippen LogP contribution in [0, 0.1) is 5.92 Å². The van der Waals surface area contributed by atoms with Crippen LogP contribution in [-0.4, -0.2) is 42.2 Å². The van der Waals surface area contributed by atoms with Crippen LogP contribution in [0.3, 0.4) is 0 Å². The van der Waals surface area contributed by atoms with Crippen LogP contribution in [-0.2, 0) is 4.79 Å². The minimum absolute atomic E-state index is 0. The standard InChI is InChI=1S/C7H14N2O2.ClH/c1-9-3-2-5(7(8)11)6(10)4-9;/h5-6,10H,2-4H2,1H3,(H2,8,11);1H/t5?,6-;/m1./s1. The molecule has 1 aliphatic rings. The predicted molar refractivity (Wildman–Crippen MR) is 48.1 cm³/mol. The van der Waals surface area contributed by atoms with E-state index in [1.807, 2.05) is 11.9 Å². The average Bonchev–Trinajstić information content (AvgIpc) is 1.85. The lowest BCUT2D eigenvalue weighted by molar-refractivity contribution is -0.127. The molecule has 3 N–H and O–H groups in total. The Morgan fingerprint density at radius 1 is 1.67 bits per heavy atom. The van der Waals surface area contributed by atoms with Crippen molar-refractivity contribution in [1.82, 2.24) is 4.90 Å². The zero-order valence-corrected chi connectivity index (χ0v) is 7.88. The van der Waals surface area contributed by atoms with E-state index in [4.69, 9.17) is 5.73 Å². The number of aliphatic hydroxyl groups excluding tert-OH is 1. The van der Waals surface area contributed by atoms with E-state index in [2.05, 4.69) is 0 Å². The van der Waals surface area contributed by atoms with Crippen LogP contribution in [0.5, 0.6) is 0 Å². The van der Waals surface area contributed by atoms with Crippen LogP contribution in [0.4, 0.5) is 0 Å². The molecule has 0 radical (unpaired) electrons. The Balaban J connectivity index is 0.00000121. The predicted octanol–water partition coefficient (Wildman–Crippen LogP) is -0.794. The van der Waals surface area contributed by atoms with Gasteiger partial charge in [-0.05, 0) is 20.0 Å². The molecular formula is C7H15ClN2O2. The number of aliphatic hydroxyl groups is 1. The SMILES string of the molecule is CN1CCC(C(N)=O)[C@H](O)C1.Cl. The zero-order chi connectivity index (χ0) is 8.43. The normalized spacial score (nSPS) is 30.8. The zero-order valence-electron chi connectivity index (χ0n) is 7.06. The summed E-state index contributed by atoms with van der Waals surface area (Å²) in [6.45, 7) is 1.39. The second-order valence-electron chi connectivity index (χ2n) is 3.13. The molecule has 0 aromatic carbocycles. The third-order valence-electron chi connectivity index (χ3n) is 2.15. The van der Waals surface area contributed by atoms with E-state index in [-0.39, 0.29) is 24.2 Å². The smallest absolute Gasteiger partial charge is 0.223 e. The Kier molecular flexibility index (Phi) is 4.52. The van der Waals surface area contributed by atoms with Crippen LogP contribution in [0.2, 0.25) is 0 Å². The van der Waals surface area contributed by atoms with E-state index < -0.39 is 6.10 Å². The molecule has 0 aromatic heterocycles. The molecule has 4 nitrogen and oxygen atoms in total. The molecule has 1 saturated heterocycles. The number of hydrogen-bond donors (Lipinski definition) is 2. The molecule has 72 valence electrons. The van der Waals surface area contributed by atoms with E-state index in [0.717, 1.165) is 6.54 Å². The van der Waals surface area contributed by atoms with Crippen LogP contribution in [0.1, 0.15) is 6.42 Å². The molecule has 12 heavy (non-hydrogen) atoms. The molecule has 5 heteroatoms. The van der Waals surface area contributed by atoms with Crippen molar-refractivity contribution in [2.24, 2.45) is 11.7 Å². The number of primary amides is 1. The van der Waals surface area contributed by atoms with E-state index in [1.165, 1.54) is 0 Å². The first-order valence-corrected chi connectivity index (χ1v) is 3.77. The summed E-state index contributed by atoms with van der Waals surface area (Å²) in [6, 6.07) is 0. The fourth-order valence-corrected chi connectivity index (χ4v) is 1.42. The average molecular weight is 195 g/mol. The molecule has 0 bridgehead atoms. The Morgan fingerprint density at radius 2 is 2.25 bits per heavy atom. The minimum Gasteiger partial charge on any atom is -0.391 e. The summed E-state index contributed by atoms with van der Waals surface area (Å²) in [4.78, 5) is 12.7. The number of β-amino-alcohol motifs (C(OH)–C–C–N with tert-alkyl or cyclic N) is 1. The Hall–Kier alpha value is -0.320. The number of piperidine rings is 1. The number of rotatable bonds is 1. The summed E-state index contributed by atoms with van der Waals surface area (Å²) < 4.78 is 0. The van der Waals surface area contributed by atoms with Gasteiger partial charge in [0.2, 0.25) is 5.91 Å². The Bertz CT molecular complexity index is 165. The maximum absolute atomic E-state index is 10.7. The number of nitrogens with two attached hydrogens (primary N) is 1. The third kappa shape index (κ3) is 2.62. The van der Waals surface area contributed by atoms with Gasteiger partial charge >= 0.3 is 0 Å². The highest BCUT2D eigenvalue weighted by molar-refractivity contribution is 5.85. The first kappa shape index (κ1) is 11.7. The van der Waals surface area contributed by atoms with Crippen molar-refractivity contribution < 1.29 is 9.90 Å². The van der Waals surface area contributed by atoms with Gasteiger partial charge in [0, 0.05) is 6.54 Å². The summed E-state index contributed by atoms with van der Waals surface area (Å²) in [5, 5.41) is 9.37. The van der Waals surface area contributed by atoms with Crippen molar-refractivity contribution in [3.8, 4) is 0 Å². The van der Waals surface area contributed by atoms with E-state index in [0.29, 0.717) is 13.0 Å². The Labute approximate surface area is 78.1 Å². The maximum Gasteiger partial charge on any atom is 0.223 e. The number of hydrogen-bond acceptors (Lipinski definition) is 3. The number of nitrogens with zero attached hydrogens (tertiary/aromatic N) is 1. The van der Waals surface area contributed by atoms with Crippen molar-refractivity contribution in [3.05, 3.63) is 0 Å². The lowest BCUT2D eigenvalue weighted by atomic mass is 9.94. The first-order chi connectivity index (χ1) is 5.11. The molecule has 1 heterocycles. The molecule has 1 aliphatic heterocycles. The summed E-state index contributed by atoms with van der Waals surface area (Å²) >= 11 is 0. The molecule has 1 rings (SSSR count). The fourth-order valence-electron chi connectivity index (χ4n) is 1.42. The van der Waals surface area contributed by atoms with Crippen molar-refractivity contribution in [2.75, 3.05) is 20.1 Å². The molecule has 0 aromatic rings. The maximum atomic E-state index is 10.7. The molecule has 1 amide bonds. The van der Waals surface area contributed by atoms with Crippen molar-refractivity contribution >= 4 is 18.3 Å². The second kappa shape index (κ2) is 4.64. The molecule has 0 aliphatic carbocycles. The number of carbonyl (C=O) groups excluding carboxylic acids is 1. The number of likely N-dealkylation sites (tertiary alicyclic amines) is 1. The summed E-state index contributed by atoms with van der Waals surface area (Å²) in [7, 11) is 1.92. The monoisotopic (exact) mass is 194 g/mol. The Morgan fingerprint density at radius 3 is 2.67 bits per heavy atom. The number of carbonyl (C=O) groups is 1. The van der Waals surface area contributed by atoms with Gasteiger partial charge in [-0.25, -0.2) is 0 Å². The molecule has 0 saturated carbocycles. The fraction of sp³-hybridized carbons (Fsp3) is 0.857. The number of halogens is 1. The molecular weight excluding hydrogens is 180 g/mol. The number of likely N-dealkylation sites (N-methyl/N-ethyl adjacent to an activating group) is 1. The van der Waals surface area contributed by atoms with Gasteiger partial charge in [-0.2, -0.15) is 0 Å². The molecule has 1 fully saturated rings. The first-order valence-electron chi connectivity index (χ1n) is 3.77. The van der Waals surface area contributed by atoms with Crippen LogP contribution in [0.25, 0.3) is 0 Å². The quantitative estimate of drug-likeness (QED) is 0.575. The van der Waals surface area contributed by atoms with Gasteiger partial charge in [0.25, 0.3) is 0 Å². The second-order valence-corrected chi connectivity index (χ2v) is 3.13. The van der Waals surface area contributed by atoms with Gasteiger partial charge in [0.05, 0.1) is 12.0 Å². The number of amides is 1. The highest BCUT2D eigenvalue weighted by Gasteiger charge is 2.29. The third-order valence-corrected chi connectivity index (χ3v) is 2.15. The van der Waals surface area contributed by atoms with Crippen LogP contribution >= 0.6 is 12.4 Å². The van der Waals surface area contributed by atoms with E-state index in [9.17, 15) is 9.90 Å². The van der Waals surface area contributed by atoms with Gasteiger partial charge in [0.1, 0.15) is 0 Å². The molecule has 1 unspecified atom stereocenters. The van der Waals surface area contributed by atoms with E-state index in [1.54, 1.807) is 0 Å². The van der Waals surface area contributed by atoms with Gasteiger partial charge < -0.3 is 15.7 Å². The van der Waals surface area contributed by atoms with Crippen LogP contribution in [0.15, 0.2) is 0 Å². The van der Waals surface area contributed by atoms with Gasteiger partial charge in [0.15, 0.2) is 0 Å². The topological polar surface area (TPSA) is 66.6 Å². The van der Waals surface area contributed by atoms with Crippen molar-refractivity contribution in [1.29, 1.82) is 0 Å². The van der Waals surface area contributed by atoms with Crippen molar-refractivity contribution in [3.63, 3.8) is 0 Å². The highest BCUT2D eigenvalue weighted by atomic mass is 35.5. The largest absolute Gasteiger partial charge is 0.391 e. The summed E-state index contributed by atoms with van der Waals surface area (Å²) in [5.41, 5.74) is 5.09. The molecule has 0 spiro atoms.